The smallest absolute Gasteiger partial charge is 0.322 e. The average Bonchev–Trinajstić information content (AvgIpc) is 3.51. The summed E-state index contributed by atoms with van der Waals surface area (Å²) in [4.78, 5) is 27.1. The number of urea groups is 1. The second kappa shape index (κ2) is 10.00. The fourth-order valence-corrected chi connectivity index (χ4v) is 4.47. The van der Waals surface area contributed by atoms with Gasteiger partial charge in [0.15, 0.2) is 11.6 Å². The molecule has 0 aliphatic carbocycles. The number of benzene rings is 2. The predicted octanol–water partition coefficient (Wildman–Crippen LogP) is 4.45. The van der Waals surface area contributed by atoms with Gasteiger partial charge in [-0.05, 0) is 37.1 Å². The molecule has 0 spiro atoms. The third-order valence-corrected chi connectivity index (χ3v) is 6.28. The minimum absolute atomic E-state index is 0.0430. The summed E-state index contributed by atoms with van der Waals surface area (Å²) in [5, 5.41) is 13.9. The summed E-state index contributed by atoms with van der Waals surface area (Å²) in [6.45, 7) is 0.499. The molecule has 2 N–H and O–H groups in total. The molecular weight excluding hydrogens is 468 g/mol. The molecule has 1 saturated heterocycles. The Hall–Kier alpha value is -3.80. The molecule has 1 aliphatic rings. The van der Waals surface area contributed by atoms with E-state index in [0.717, 1.165) is 29.9 Å². The first-order valence-electron chi connectivity index (χ1n) is 10.3. The number of hydrogen-bond donors (Lipinski definition) is 2. The lowest BCUT2D eigenvalue weighted by Crippen LogP contribution is -2.34. The monoisotopic (exact) mass is 489 g/mol. The lowest BCUT2D eigenvalue weighted by atomic mass is 10.2. The standard InChI is InChI=1S/C22H21F2N5O4S/c1-32-13-6-8-18(33-2)16(11-13)26-22(31)29-9-3-4-17(29)20-27-28-21(34-20)19(30)25-12-5-7-14(23)15(24)10-12/h5-8,10-11,17H,3-4,9H2,1-2H3,(H,25,30)(H,26,31)/t17-/m0/s1. The highest BCUT2D eigenvalue weighted by molar-refractivity contribution is 7.13. The van der Waals surface area contributed by atoms with Gasteiger partial charge in [-0.2, -0.15) is 0 Å². The Kier molecular flexibility index (Phi) is 6.87. The first-order valence-corrected chi connectivity index (χ1v) is 11.1. The quantitative estimate of drug-likeness (QED) is 0.530. The summed E-state index contributed by atoms with van der Waals surface area (Å²) in [5.74, 6) is -1.64. The number of aromatic nitrogens is 2. The minimum atomic E-state index is -1.07. The van der Waals surface area contributed by atoms with Gasteiger partial charge in [0.2, 0.25) is 5.01 Å². The maximum absolute atomic E-state index is 13.4. The Balaban J connectivity index is 1.47. The molecule has 9 nitrogen and oxygen atoms in total. The topological polar surface area (TPSA) is 106 Å². The van der Waals surface area contributed by atoms with Crippen LogP contribution in [0.3, 0.4) is 0 Å². The lowest BCUT2D eigenvalue weighted by Gasteiger charge is -2.23. The molecule has 1 fully saturated rings. The van der Waals surface area contributed by atoms with E-state index in [1.807, 2.05) is 0 Å². The van der Waals surface area contributed by atoms with Crippen molar-refractivity contribution in [1.82, 2.24) is 15.1 Å². The van der Waals surface area contributed by atoms with Crippen molar-refractivity contribution in [1.29, 1.82) is 0 Å². The van der Waals surface area contributed by atoms with E-state index in [4.69, 9.17) is 9.47 Å². The van der Waals surface area contributed by atoms with E-state index in [0.29, 0.717) is 35.2 Å². The maximum Gasteiger partial charge on any atom is 0.322 e. The summed E-state index contributed by atoms with van der Waals surface area (Å²) in [6, 6.07) is 7.41. The fraction of sp³-hybridized carbons (Fsp3) is 0.273. The van der Waals surface area contributed by atoms with Crippen molar-refractivity contribution in [3.63, 3.8) is 0 Å². The number of halogens is 2. The van der Waals surface area contributed by atoms with Gasteiger partial charge < -0.3 is 25.0 Å². The van der Waals surface area contributed by atoms with Gasteiger partial charge in [0.1, 0.15) is 16.5 Å². The third-order valence-electron chi connectivity index (χ3n) is 5.26. The molecule has 2 aromatic carbocycles. The zero-order valence-electron chi connectivity index (χ0n) is 18.3. The van der Waals surface area contributed by atoms with Crippen LogP contribution in [0.25, 0.3) is 0 Å². The average molecular weight is 490 g/mol. The van der Waals surface area contributed by atoms with Crippen LogP contribution in [0.2, 0.25) is 0 Å². The summed E-state index contributed by atoms with van der Waals surface area (Å²) >= 11 is 1.04. The molecule has 0 radical (unpaired) electrons. The van der Waals surface area contributed by atoms with Crippen molar-refractivity contribution in [2.24, 2.45) is 0 Å². The van der Waals surface area contributed by atoms with Crippen molar-refractivity contribution in [3.05, 3.63) is 58.0 Å². The van der Waals surface area contributed by atoms with Gasteiger partial charge >= 0.3 is 6.03 Å². The number of nitrogens with one attached hydrogen (secondary N) is 2. The van der Waals surface area contributed by atoms with Crippen LogP contribution in [-0.4, -0.2) is 47.8 Å². The Bertz CT molecular complexity index is 1220. The van der Waals surface area contributed by atoms with E-state index in [1.54, 1.807) is 23.1 Å². The van der Waals surface area contributed by atoms with Crippen molar-refractivity contribution in [3.8, 4) is 11.5 Å². The predicted molar refractivity (Wildman–Crippen MR) is 121 cm³/mol. The van der Waals surface area contributed by atoms with Crippen molar-refractivity contribution in [2.45, 2.75) is 18.9 Å². The Labute approximate surface area is 197 Å². The van der Waals surface area contributed by atoms with Crippen molar-refractivity contribution >= 4 is 34.6 Å². The highest BCUT2D eigenvalue weighted by Crippen LogP contribution is 2.35. The SMILES string of the molecule is COc1ccc(OC)c(NC(=O)N2CCC[C@H]2c2nnc(C(=O)Nc3ccc(F)c(F)c3)s2)c1. The molecule has 12 heteroatoms. The molecule has 34 heavy (non-hydrogen) atoms. The molecule has 178 valence electrons. The molecule has 4 rings (SSSR count). The number of nitrogens with zero attached hydrogens (tertiary/aromatic N) is 3. The first kappa shape index (κ1) is 23.4. The van der Waals surface area contributed by atoms with Gasteiger partial charge in [0, 0.05) is 24.4 Å². The largest absolute Gasteiger partial charge is 0.497 e. The fourth-order valence-electron chi connectivity index (χ4n) is 3.58. The Morgan fingerprint density at radius 2 is 1.88 bits per heavy atom. The molecule has 3 amide bonds. The van der Waals surface area contributed by atoms with Gasteiger partial charge in [-0.3, -0.25) is 4.79 Å². The third kappa shape index (κ3) is 4.91. The molecule has 2 heterocycles. The van der Waals surface area contributed by atoms with Crippen LogP contribution in [0.15, 0.2) is 36.4 Å². The van der Waals surface area contributed by atoms with Crippen LogP contribution < -0.4 is 20.1 Å². The van der Waals surface area contributed by atoms with Crippen LogP contribution in [0.4, 0.5) is 25.0 Å². The molecule has 1 atom stereocenters. The molecule has 0 saturated carbocycles. The van der Waals surface area contributed by atoms with Crippen molar-refractivity contribution < 1.29 is 27.8 Å². The molecule has 0 unspecified atom stereocenters. The van der Waals surface area contributed by atoms with Gasteiger partial charge in [0.25, 0.3) is 5.91 Å². The van der Waals surface area contributed by atoms with Crippen molar-refractivity contribution in [2.75, 3.05) is 31.4 Å². The number of carbonyl (C=O) groups excluding carboxylic acids is 2. The number of carbonyl (C=O) groups is 2. The second-order valence-corrected chi connectivity index (χ2v) is 8.39. The van der Waals surface area contributed by atoms with Gasteiger partial charge in [-0.15, -0.1) is 10.2 Å². The Morgan fingerprint density at radius 3 is 2.62 bits per heavy atom. The van der Waals surface area contributed by atoms with Crippen LogP contribution >= 0.6 is 11.3 Å². The first-order chi connectivity index (χ1) is 16.4. The summed E-state index contributed by atoms with van der Waals surface area (Å²) in [7, 11) is 3.03. The van der Waals surface area contributed by atoms with Crippen LogP contribution in [0.5, 0.6) is 11.5 Å². The normalized spacial score (nSPS) is 15.2. The highest BCUT2D eigenvalue weighted by Gasteiger charge is 2.33. The summed E-state index contributed by atoms with van der Waals surface area (Å²) in [6.07, 6.45) is 1.41. The molecule has 1 aromatic heterocycles. The number of hydrogen-bond acceptors (Lipinski definition) is 7. The van der Waals surface area contributed by atoms with Crippen LogP contribution in [0.1, 0.15) is 33.7 Å². The second-order valence-electron chi connectivity index (χ2n) is 7.38. The number of ether oxygens (including phenoxy) is 2. The molecule has 1 aliphatic heterocycles. The van der Waals surface area contributed by atoms with E-state index in [1.165, 1.54) is 20.3 Å². The van der Waals surface area contributed by atoms with Crippen LogP contribution in [0, 0.1) is 11.6 Å². The Morgan fingerprint density at radius 1 is 1.06 bits per heavy atom. The zero-order valence-corrected chi connectivity index (χ0v) is 19.1. The van der Waals surface area contributed by atoms with E-state index >= 15 is 0 Å². The number of anilines is 2. The maximum atomic E-state index is 13.4. The highest BCUT2D eigenvalue weighted by atomic mass is 32.1. The molecular formula is C22H21F2N5O4S. The van der Waals surface area contributed by atoms with E-state index < -0.39 is 17.5 Å². The number of methoxy groups -OCH3 is 2. The summed E-state index contributed by atoms with van der Waals surface area (Å²) in [5.41, 5.74) is 0.552. The molecule has 3 aromatic rings. The van der Waals surface area contributed by atoms with E-state index in [9.17, 15) is 18.4 Å². The number of amides is 3. The van der Waals surface area contributed by atoms with E-state index in [2.05, 4.69) is 20.8 Å². The molecule has 0 bridgehead atoms. The van der Waals surface area contributed by atoms with Crippen LogP contribution in [-0.2, 0) is 0 Å². The number of likely N-dealkylation sites (tertiary alicyclic amines) is 1. The lowest BCUT2D eigenvalue weighted by molar-refractivity contribution is 0.102. The van der Waals surface area contributed by atoms with Gasteiger partial charge in [-0.1, -0.05) is 11.3 Å². The zero-order chi connectivity index (χ0) is 24.2. The minimum Gasteiger partial charge on any atom is -0.497 e. The van der Waals surface area contributed by atoms with Gasteiger partial charge in [-0.25, -0.2) is 13.6 Å². The number of rotatable bonds is 6. The summed E-state index contributed by atoms with van der Waals surface area (Å²) < 4.78 is 37.0. The van der Waals surface area contributed by atoms with E-state index in [-0.39, 0.29) is 22.8 Å². The van der Waals surface area contributed by atoms with Gasteiger partial charge in [0.05, 0.1) is 25.9 Å².